The summed E-state index contributed by atoms with van der Waals surface area (Å²) in [6, 6.07) is 19.7. The van der Waals surface area contributed by atoms with E-state index < -0.39 is 11.9 Å². The number of nitrogens with zero attached hydrogens (tertiary/aromatic N) is 3. The van der Waals surface area contributed by atoms with Gasteiger partial charge in [0, 0.05) is 41.9 Å². The molecule has 0 radical (unpaired) electrons. The van der Waals surface area contributed by atoms with Crippen molar-refractivity contribution in [2.45, 2.75) is 24.8 Å². The Kier molecular flexibility index (Phi) is 6.76. The Balaban J connectivity index is 1.40. The van der Waals surface area contributed by atoms with Crippen molar-refractivity contribution in [3.05, 3.63) is 100 Å². The summed E-state index contributed by atoms with van der Waals surface area (Å²) in [5.74, 6) is -1.15. The van der Waals surface area contributed by atoms with Crippen LogP contribution < -0.4 is 11.1 Å². The van der Waals surface area contributed by atoms with Gasteiger partial charge in [-0.2, -0.15) is 5.10 Å². The largest absolute Gasteiger partial charge is 0.368 e. The van der Waals surface area contributed by atoms with Crippen LogP contribution in [0.4, 0.5) is 0 Å². The number of primary amides is 1. The second-order valence-corrected chi connectivity index (χ2v) is 9.62. The molecular weight excluding hydrogens is 497 g/mol. The van der Waals surface area contributed by atoms with E-state index in [-0.39, 0.29) is 17.7 Å². The molecule has 0 spiro atoms. The number of nitrogens with one attached hydrogen (secondary N) is 1. The molecule has 1 aliphatic rings. The number of hydrogen-bond donors (Lipinski definition) is 2. The first-order valence-corrected chi connectivity index (χ1v) is 12.3. The molecule has 4 aromatic rings. The van der Waals surface area contributed by atoms with Gasteiger partial charge in [-0.1, -0.05) is 53.5 Å². The molecule has 3 atom stereocenters. The fourth-order valence-electron chi connectivity index (χ4n) is 4.30. The molecule has 1 aliphatic carbocycles. The summed E-state index contributed by atoms with van der Waals surface area (Å²) in [6.07, 6.45) is 4.41. The summed E-state index contributed by atoms with van der Waals surface area (Å²) in [6.45, 7) is 0. The van der Waals surface area contributed by atoms with Crippen molar-refractivity contribution < 1.29 is 9.59 Å². The zero-order valence-electron chi connectivity index (χ0n) is 19.1. The highest BCUT2D eigenvalue weighted by atomic mass is 35.5. The van der Waals surface area contributed by atoms with Crippen molar-refractivity contribution in [2.24, 2.45) is 11.7 Å². The summed E-state index contributed by atoms with van der Waals surface area (Å²) in [4.78, 5) is 29.4. The summed E-state index contributed by atoms with van der Waals surface area (Å²) in [5.41, 5.74) is 9.71. The lowest BCUT2D eigenvalue weighted by Crippen LogP contribution is -2.46. The number of rotatable bonds is 8. The van der Waals surface area contributed by atoms with Crippen molar-refractivity contribution in [1.82, 2.24) is 20.1 Å². The molecule has 5 rings (SSSR count). The molecule has 2 aromatic carbocycles. The maximum absolute atomic E-state index is 13.1. The Labute approximate surface area is 218 Å². The highest BCUT2D eigenvalue weighted by molar-refractivity contribution is 6.42. The second-order valence-electron chi connectivity index (χ2n) is 8.81. The predicted octanol–water partition coefficient (Wildman–Crippen LogP) is 4.56. The van der Waals surface area contributed by atoms with Crippen molar-refractivity contribution in [3.8, 4) is 16.9 Å². The van der Waals surface area contributed by atoms with Gasteiger partial charge >= 0.3 is 0 Å². The van der Waals surface area contributed by atoms with Gasteiger partial charge < -0.3 is 11.1 Å². The number of aromatic nitrogens is 3. The SMILES string of the molecule is NC(=O)[C@H](Cc1ccccc1)NC(=O)[C@H]1C[C@@H]1c1cc(-c2cccnc2)nn1-c1ccc(Cl)c(Cl)c1. The lowest BCUT2D eigenvalue weighted by Gasteiger charge is -2.16. The number of benzene rings is 2. The van der Waals surface area contributed by atoms with E-state index in [1.165, 1.54) is 0 Å². The minimum Gasteiger partial charge on any atom is -0.368 e. The molecule has 182 valence electrons. The van der Waals surface area contributed by atoms with Gasteiger partial charge in [-0.25, -0.2) is 4.68 Å². The van der Waals surface area contributed by atoms with Crippen LogP contribution in [0.5, 0.6) is 0 Å². The number of amides is 2. The molecule has 0 unspecified atom stereocenters. The Morgan fingerprint density at radius 2 is 1.86 bits per heavy atom. The Bertz CT molecular complexity index is 1410. The van der Waals surface area contributed by atoms with Crippen LogP contribution in [0.3, 0.4) is 0 Å². The molecule has 36 heavy (non-hydrogen) atoms. The minimum atomic E-state index is -0.785. The first-order chi connectivity index (χ1) is 17.4. The Morgan fingerprint density at radius 1 is 1.06 bits per heavy atom. The average Bonchev–Trinajstić information content (AvgIpc) is 3.57. The molecule has 9 heteroatoms. The van der Waals surface area contributed by atoms with Crippen molar-refractivity contribution >= 4 is 35.0 Å². The normalized spacial score (nSPS) is 17.4. The Morgan fingerprint density at radius 3 is 2.56 bits per heavy atom. The zero-order valence-corrected chi connectivity index (χ0v) is 20.7. The molecule has 3 N–H and O–H groups in total. The lowest BCUT2D eigenvalue weighted by molar-refractivity contribution is -0.128. The van der Waals surface area contributed by atoms with Gasteiger partial charge in [0.25, 0.3) is 0 Å². The van der Waals surface area contributed by atoms with Crippen LogP contribution in [-0.4, -0.2) is 32.6 Å². The van der Waals surface area contributed by atoms with Gasteiger partial charge in [-0.3, -0.25) is 14.6 Å². The van der Waals surface area contributed by atoms with Crippen LogP contribution in [0, 0.1) is 5.92 Å². The first-order valence-electron chi connectivity index (χ1n) is 11.5. The molecule has 0 bridgehead atoms. The number of carbonyl (C=O) groups is 2. The van der Waals surface area contributed by atoms with Gasteiger partial charge in [0.2, 0.25) is 11.8 Å². The van der Waals surface area contributed by atoms with Crippen LogP contribution in [0.25, 0.3) is 16.9 Å². The topological polar surface area (TPSA) is 103 Å². The van der Waals surface area contributed by atoms with Gasteiger partial charge in [0.05, 0.1) is 21.4 Å². The number of halogens is 2. The lowest BCUT2D eigenvalue weighted by atomic mass is 10.1. The minimum absolute atomic E-state index is 0.0809. The number of pyridine rings is 1. The van der Waals surface area contributed by atoms with Crippen molar-refractivity contribution in [3.63, 3.8) is 0 Å². The van der Waals surface area contributed by atoms with E-state index in [0.29, 0.717) is 22.9 Å². The average molecular weight is 520 g/mol. The third-order valence-corrected chi connectivity index (χ3v) is 7.03. The predicted molar refractivity (Wildman–Crippen MR) is 139 cm³/mol. The molecule has 0 saturated heterocycles. The number of hydrogen-bond acceptors (Lipinski definition) is 4. The van der Waals surface area contributed by atoms with Gasteiger partial charge in [0.15, 0.2) is 0 Å². The van der Waals surface area contributed by atoms with E-state index in [0.717, 1.165) is 28.2 Å². The van der Waals surface area contributed by atoms with E-state index in [9.17, 15) is 9.59 Å². The van der Waals surface area contributed by atoms with Crippen molar-refractivity contribution in [1.29, 1.82) is 0 Å². The molecular formula is C27H23Cl2N5O2. The second kappa shape index (κ2) is 10.1. The molecule has 2 amide bonds. The van der Waals surface area contributed by atoms with Crippen LogP contribution in [0.15, 0.2) is 79.1 Å². The van der Waals surface area contributed by atoms with E-state index in [4.69, 9.17) is 34.0 Å². The number of carbonyl (C=O) groups excluding carboxylic acids is 2. The fraction of sp³-hybridized carbons (Fsp3) is 0.185. The van der Waals surface area contributed by atoms with Crippen LogP contribution in [0.1, 0.15) is 23.6 Å². The highest BCUT2D eigenvalue weighted by Crippen LogP contribution is 2.49. The smallest absolute Gasteiger partial charge is 0.240 e. The summed E-state index contributed by atoms with van der Waals surface area (Å²) in [5, 5.41) is 8.50. The fourth-order valence-corrected chi connectivity index (χ4v) is 4.59. The summed E-state index contributed by atoms with van der Waals surface area (Å²) >= 11 is 12.4. The molecule has 2 heterocycles. The van der Waals surface area contributed by atoms with Gasteiger partial charge in [-0.05, 0) is 48.4 Å². The maximum atomic E-state index is 13.1. The quantitative estimate of drug-likeness (QED) is 0.356. The van der Waals surface area contributed by atoms with Crippen LogP contribution in [0.2, 0.25) is 10.0 Å². The van der Waals surface area contributed by atoms with E-state index >= 15 is 0 Å². The third kappa shape index (κ3) is 5.12. The van der Waals surface area contributed by atoms with Crippen LogP contribution >= 0.6 is 23.2 Å². The highest BCUT2D eigenvalue weighted by Gasteiger charge is 2.47. The van der Waals surface area contributed by atoms with E-state index in [1.54, 1.807) is 29.2 Å². The molecule has 1 fully saturated rings. The zero-order chi connectivity index (χ0) is 25.2. The monoisotopic (exact) mass is 519 g/mol. The first kappa shape index (κ1) is 24.0. The molecule has 7 nitrogen and oxygen atoms in total. The van der Waals surface area contributed by atoms with Gasteiger partial charge in [0.1, 0.15) is 6.04 Å². The maximum Gasteiger partial charge on any atom is 0.240 e. The molecule has 0 aliphatic heterocycles. The number of nitrogens with two attached hydrogens (primary N) is 1. The third-order valence-electron chi connectivity index (χ3n) is 6.29. The van der Waals surface area contributed by atoms with Crippen molar-refractivity contribution in [2.75, 3.05) is 0 Å². The molecule has 2 aromatic heterocycles. The Hall–Kier alpha value is -3.68. The van der Waals surface area contributed by atoms with E-state index in [2.05, 4.69) is 10.3 Å². The summed E-state index contributed by atoms with van der Waals surface area (Å²) < 4.78 is 1.79. The summed E-state index contributed by atoms with van der Waals surface area (Å²) in [7, 11) is 0. The standard InChI is InChI=1S/C27H23Cl2N5O2/c28-21-9-8-18(12-22(21)29)34-25(14-23(33-34)17-7-4-10-31-15-17)19-13-20(19)27(36)32-24(26(30)35)11-16-5-2-1-3-6-16/h1-10,12,14-15,19-20,24H,11,13H2,(H2,30,35)(H,32,36)/t19-,20-,24-/m0/s1. The van der Waals surface area contributed by atoms with E-state index in [1.807, 2.05) is 54.6 Å². The molecule has 1 saturated carbocycles. The van der Waals surface area contributed by atoms with Gasteiger partial charge in [-0.15, -0.1) is 0 Å². The van der Waals surface area contributed by atoms with Crippen LogP contribution in [-0.2, 0) is 16.0 Å².